The summed E-state index contributed by atoms with van der Waals surface area (Å²) in [5.74, 6) is 1.63. The summed E-state index contributed by atoms with van der Waals surface area (Å²) in [6, 6.07) is 23.9. The molecule has 0 spiro atoms. The monoisotopic (exact) mass is 404 g/mol. The first kappa shape index (κ1) is 19.1. The van der Waals surface area contributed by atoms with Gasteiger partial charge in [-0.3, -0.25) is 0 Å². The molecule has 0 amide bonds. The van der Waals surface area contributed by atoms with Crippen LogP contribution in [0.15, 0.2) is 72.8 Å². The van der Waals surface area contributed by atoms with E-state index in [1.165, 1.54) is 0 Å². The molecular formula is C24H21ClN2O2. The highest BCUT2D eigenvalue weighted by atomic mass is 35.5. The SMILES string of the molecule is COc1ccc(-c2cc(-c3ccc(OC)cc3)n(-c3ccc(C)c(Cl)c3)n2)cc1. The van der Waals surface area contributed by atoms with Crippen LogP contribution < -0.4 is 9.47 Å². The van der Waals surface area contributed by atoms with E-state index in [0.29, 0.717) is 5.02 Å². The maximum absolute atomic E-state index is 6.39. The van der Waals surface area contributed by atoms with Crippen LogP contribution in [0.1, 0.15) is 5.56 Å². The fourth-order valence-electron chi connectivity index (χ4n) is 3.16. The third kappa shape index (κ3) is 3.84. The van der Waals surface area contributed by atoms with Crippen molar-refractivity contribution in [1.82, 2.24) is 9.78 Å². The van der Waals surface area contributed by atoms with Crippen LogP contribution in [-0.4, -0.2) is 24.0 Å². The Hall–Kier alpha value is -3.24. The molecule has 0 aliphatic carbocycles. The lowest BCUT2D eigenvalue weighted by molar-refractivity contribution is 0.414. The second kappa shape index (κ2) is 8.02. The van der Waals surface area contributed by atoms with Crippen molar-refractivity contribution in [3.8, 4) is 39.7 Å². The number of ether oxygens (including phenoxy) is 2. The average Bonchev–Trinajstić information content (AvgIpc) is 3.21. The topological polar surface area (TPSA) is 36.3 Å². The van der Waals surface area contributed by atoms with Gasteiger partial charge in [-0.15, -0.1) is 0 Å². The lowest BCUT2D eigenvalue weighted by Gasteiger charge is -2.09. The fourth-order valence-corrected chi connectivity index (χ4v) is 3.34. The third-order valence-electron chi connectivity index (χ3n) is 4.88. The van der Waals surface area contributed by atoms with Crippen LogP contribution in [0, 0.1) is 6.92 Å². The molecule has 0 atom stereocenters. The fraction of sp³-hybridized carbons (Fsp3) is 0.125. The second-order valence-corrected chi connectivity index (χ2v) is 7.12. The minimum absolute atomic E-state index is 0.713. The first-order valence-corrected chi connectivity index (χ1v) is 9.62. The molecular weight excluding hydrogens is 384 g/mol. The molecule has 1 heterocycles. The summed E-state index contributed by atoms with van der Waals surface area (Å²) in [6.07, 6.45) is 0. The van der Waals surface area contributed by atoms with Crippen molar-refractivity contribution < 1.29 is 9.47 Å². The Balaban J connectivity index is 1.86. The Morgan fingerprint density at radius 3 is 1.90 bits per heavy atom. The standard InChI is InChI=1S/C24H21ClN2O2/c1-16-4-9-19(14-22(16)25)27-24(18-7-12-21(29-3)13-8-18)15-23(26-27)17-5-10-20(28-2)11-6-17/h4-15H,1-3H3. The molecule has 4 aromatic rings. The minimum atomic E-state index is 0.713. The predicted molar refractivity (Wildman–Crippen MR) is 117 cm³/mol. The number of halogens is 1. The number of benzene rings is 3. The number of hydrogen-bond donors (Lipinski definition) is 0. The van der Waals surface area contributed by atoms with Gasteiger partial charge in [0.25, 0.3) is 0 Å². The summed E-state index contributed by atoms with van der Waals surface area (Å²) in [6.45, 7) is 1.99. The van der Waals surface area contributed by atoms with E-state index in [1.54, 1.807) is 14.2 Å². The van der Waals surface area contributed by atoms with Crippen molar-refractivity contribution in [3.63, 3.8) is 0 Å². The largest absolute Gasteiger partial charge is 0.497 e. The molecule has 0 aliphatic rings. The zero-order chi connectivity index (χ0) is 20.4. The summed E-state index contributed by atoms with van der Waals surface area (Å²) in [4.78, 5) is 0. The maximum atomic E-state index is 6.39. The van der Waals surface area contributed by atoms with E-state index in [9.17, 15) is 0 Å². The van der Waals surface area contributed by atoms with Gasteiger partial charge in [0.2, 0.25) is 0 Å². The quantitative estimate of drug-likeness (QED) is 0.398. The Bertz CT molecular complexity index is 1130. The van der Waals surface area contributed by atoms with E-state index in [4.69, 9.17) is 26.2 Å². The predicted octanol–water partition coefficient (Wildman–Crippen LogP) is 6.19. The third-order valence-corrected chi connectivity index (χ3v) is 5.29. The molecule has 5 heteroatoms. The highest BCUT2D eigenvalue weighted by Gasteiger charge is 2.14. The number of nitrogens with zero attached hydrogens (tertiary/aromatic N) is 2. The lowest BCUT2D eigenvalue weighted by atomic mass is 10.1. The smallest absolute Gasteiger partial charge is 0.118 e. The number of methoxy groups -OCH3 is 2. The summed E-state index contributed by atoms with van der Waals surface area (Å²) in [7, 11) is 3.32. The number of aromatic nitrogens is 2. The second-order valence-electron chi connectivity index (χ2n) is 6.72. The molecule has 0 saturated heterocycles. The molecule has 0 aliphatic heterocycles. The van der Waals surface area contributed by atoms with Crippen molar-refractivity contribution in [3.05, 3.63) is 83.4 Å². The average molecular weight is 405 g/mol. The van der Waals surface area contributed by atoms with Crippen LogP contribution in [0.2, 0.25) is 5.02 Å². The Kier molecular flexibility index (Phi) is 5.28. The molecule has 4 rings (SSSR count). The van der Waals surface area contributed by atoms with Gasteiger partial charge < -0.3 is 9.47 Å². The minimum Gasteiger partial charge on any atom is -0.497 e. The van der Waals surface area contributed by atoms with Crippen molar-refractivity contribution in [2.24, 2.45) is 0 Å². The molecule has 4 nitrogen and oxygen atoms in total. The molecule has 0 unspecified atom stereocenters. The van der Waals surface area contributed by atoms with E-state index in [0.717, 1.165) is 45.3 Å². The van der Waals surface area contributed by atoms with Gasteiger partial charge in [0, 0.05) is 16.1 Å². The van der Waals surface area contributed by atoms with E-state index in [1.807, 2.05) is 78.3 Å². The lowest BCUT2D eigenvalue weighted by Crippen LogP contribution is -1.99. The van der Waals surface area contributed by atoms with E-state index >= 15 is 0 Å². The van der Waals surface area contributed by atoms with Crippen LogP contribution in [0.4, 0.5) is 0 Å². The molecule has 0 radical (unpaired) electrons. The van der Waals surface area contributed by atoms with Crippen LogP contribution in [0.3, 0.4) is 0 Å². The van der Waals surface area contributed by atoms with Gasteiger partial charge in [0.05, 0.1) is 31.3 Å². The normalized spacial score (nSPS) is 10.8. The van der Waals surface area contributed by atoms with Gasteiger partial charge in [-0.25, -0.2) is 4.68 Å². The molecule has 146 valence electrons. The summed E-state index contributed by atoms with van der Waals surface area (Å²) < 4.78 is 12.5. The van der Waals surface area contributed by atoms with Gasteiger partial charge in [-0.1, -0.05) is 17.7 Å². The summed E-state index contributed by atoms with van der Waals surface area (Å²) in [5, 5.41) is 5.59. The van der Waals surface area contributed by atoms with E-state index in [-0.39, 0.29) is 0 Å². The molecule has 0 N–H and O–H groups in total. The molecule has 0 bridgehead atoms. The van der Waals surface area contributed by atoms with Crippen LogP contribution in [0.5, 0.6) is 11.5 Å². The zero-order valence-corrected chi connectivity index (χ0v) is 17.3. The maximum Gasteiger partial charge on any atom is 0.118 e. The van der Waals surface area contributed by atoms with Crippen molar-refractivity contribution in [1.29, 1.82) is 0 Å². The zero-order valence-electron chi connectivity index (χ0n) is 16.5. The Morgan fingerprint density at radius 2 is 1.34 bits per heavy atom. The van der Waals surface area contributed by atoms with Crippen LogP contribution >= 0.6 is 11.6 Å². The Morgan fingerprint density at radius 1 is 0.759 bits per heavy atom. The number of rotatable bonds is 5. The molecule has 0 fully saturated rings. The first-order chi connectivity index (χ1) is 14.1. The van der Waals surface area contributed by atoms with Crippen LogP contribution in [-0.2, 0) is 0 Å². The summed E-state index contributed by atoms with van der Waals surface area (Å²) in [5.41, 5.74) is 5.83. The van der Waals surface area contributed by atoms with Gasteiger partial charge in [0.15, 0.2) is 0 Å². The molecule has 29 heavy (non-hydrogen) atoms. The highest BCUT2D eigenvalue weighted by Crippen LogP contribution is 2.31. The van der Waals surface area contributed by atoms with E-state index in [2.05, 4.69) is 6.07 Å². The van der Waals surface area contributed by atoms with Crippen LogP contribution in [0.25, 0.3) is 28.2 Å². The van der Waals surface area contributed by atoms with Crippen molar-refractivity contribution >= 4 is 11.6 Å². The first-order valence-electron chi connectivity index (χ1n) is 9.24. The van der Waals surface area contributed by atoms with Crippen molar-refractivity contribution in [2.45, 2.75) is 6.92 Å². The summed E-state index contributed by atoms with van der Waals surface area (Å²) >= 11 is 6.39. The Labute approximate surface area is 175 Å². The van der Waals surface area contributed by atoms with Gasteiger partial charge in [-0.05, 0) is 79.2 Å². The van der Waals surface area contributed by atoms with Gasteiger partial charge in [-0.2, -0.15) is 5.10 Å². The highest BCUT2D eigenvalue weighted by molar-refractivity contribution is 6.31. The molecule has 3 aromatic carbocycles. The number of hydrogen-bond acceptors (Lipinski definition) is 3. The van der Waals surface area contributed by atoms with Gasteiger partial charge in [0.1, 0.15) is 11.5 Å². The van der Waals surface area contributed by atoms with E-state index < -0.39 is 0 Å². The number of aryl methyl sites for hydroxylation is 1. The molecule has 1 aromatic heterocycles. The van der Waals surface area contributed by atoms with Crippen molar-refractivity contribution in [2.75, 3.05) is 14.2 Å². The van der Waals surface area contributed by atoms with Gasteiger partial charge >= 0.3 is 0 Å². The molecule has 0 saturated carbocycles.